The summed E-state index contributed by atoms with van der Waals surface area (Å²) in [6.07, 6.45) is -8.60. The molecule has 0 bridgehead atoms. The third-order valence-electron chi connectivity index (χ3n) is 1.59. The number of hydrogen-bond acceptors (Lipinski definition) is 3. The van der Waals surface area contributed by atoms with E-state index in [2.05, 4.69) is 4.98 Å². The second-order valence-electron chi connectivity index (χ2n) is 3.06. The van der Waals surface area contributed by atoms with Crippen LogP contribution >= 0.6 is 0 Å². The fraction of sp³-hybridized carbons (Fsp3) is 0.222. The first-order valence-corrected chi connectivity index (χ1v) is 4.49. The molecule has 0 spiro atoms. The number of hydrogen-bond donors (Lipinski definition) is 2. The predicted molar refractivity (Wildman–Crippen MR) is 51.4 cm³/mol. The summed E-state index contributed by atoms with van der Waals surface area (Å²) < 4.78 is 68.2. The quantitative estimate of drug-likeness (QED) is 0.774. The minimum Gasteiger partial charge on any atom is -0.475 e. The summed E-state index contributed by atoms with van der Waals surface area (Å²) in [4.78, 5) is 22.7. The molecular weight excluding hydrogens is 298 g/mol. The molecule has 0 fully saturated rings. The van der Waals surface area contributed by atoms with Crippen molar-refractivity contribution in [3.63, 3.8) is 0 Å². The summed E-state index contributed by atoms with van der Waals surface area (Å²) in [5, 5.41) is 7.12. The molecule has 1 amide bonds. The first-order chi connectivity index (χ1) is 8.87. The van der Waals surface area contributed by atoms with Crippen LogP contribution in [0, 0.1) is 0 Å². The van der Waals surface area contributed by atoms with E-state index < -0.39 is 35.5 Å². The SMILES string of the molecule is NC(=O)c1ncccc1C(F)(F)F.O=C(O)C(F)(F)F. The molecule has 0 unspecified atom stereocenters. The van der Waals surface area contributed by atoms with E-state index in [1.54, 1.807) is 0 Å². The lowest BCUT2D eigenvalue weighted by Crippen LogP contribution is -2.21. The van der Waals surface area contributed by atoms with Crippen LogP contribution in [0.1, 0.15) is 16.1 Å². The summed E-state index contributed by atoms with van der Waals surface area (Å²) in [6.45, 7) is 0. The first-order valence-electron chi connectivity index (χ1n) is 4.49. The standard InChI is InChI=1S/C7H5F3N2O.C2HF3O2/c8-7(9,10)4-2-1-3-12-5(4)6(11)13;3-2(4,5)1(6)7/h1-3H,(H2,11,13);(H,6,7). The average Bonchev–Trinajstić information content (AvgIpc) is 2.27. The molecule has 112 valence electrons. The fourth-order valence-electron chi connectivity index (χ4n) is 0.830. The summed E-state index contributed by atoms with van der Waals surface area (Å²) in [6, 6.07) is 1.85. The Balaban J connectivity index is 0.000000441. The molecule has 3 N–H and O–H groups in total. The lowest BCUT2D eigenvalue weighted by atomic mass is 10.2. The second-order valence-corrected chi connectivity index (χ2v) is 3.06. The van der Waals surface area contributed by atoms with Crippen LogP contribution in [0.4, 0.5) is 26.3 Å². The van der Waals surface area contributed by atoms with Gasteiger partial charge in [-0.1, -0.05) is 0 Å². The minimum atomic E-state index is -5.08. The third-order valence-corrected chi connectivity index (χ3v) is 1.59. The highest BCUT2D eigenvalue weighted by Gasteiger charge is 2.38. The number of rotatable bonds is 1. The highest BCUT2D eigenvalue weighted by atomic mass is 19.4. The number of carbonyl (C=O) groups is 2. The highest BCUT2D eigenvalue weighted by molar-refractivity contribution is 5.92. The van der Waals surface area contributed by atoms with E-state index in [1.165, 1.54) is 0 Å². The van der Waals surface area contributed by atoms with Gasteiger partial charge in [-0.3, -0.25) is 9.78 Å². The van der Waals surface area contributed by atoms with Crippen molar-refractivity contribution in [2.24, 2.45) is 5.73 Å². The molecule has 11 heteroatoms. The van der Waals surface area contributed by atoms with E-state index in [1.807, 2.05) is 0 Å². The molecule has 1 aromatic rings. The van der Waals surface area contributed by atoms with E-state index in [4.69, 9.17) is 15.6 Å². The number of primary amides is 1. The van der Waals surface area contributed by atoms with Gasteiger partial charge in [-0.25, -0.2) is 4.79 Å². The Morgan fingerprint density at radius 2 is 1.60 bits per heavy atom. The van der Waals surface area contributed by atoms with Gasteiger partial charge in [-0.2, -0.15) is 26.3 Å². The van der Waals surface area contributed by atoms with Gasteiger partial charge < -0.3 is 10.8 Å². The fourth-order valence-corrected chi connectivity index (χ4v) is 0.830. The van der Waals surface area contributed by atoms with Gasteiger partial charge in [0.15, 0.2) is 0 Å². The van der Waals surface area contributed by atoms with Crippen LogP contribution < -0.4 is 5.73 Å². The Morgan fingerprint density at radius 3 is 1.85 bits per heavy atom. The maximum absolute atomic E-state index is 12.2. The first kappa shape index (κ1) is 17.7. The number of aliphatic carboxylic acids is 1. The van der Waals surface area contributed by atoms with Crippen LogP contribution in [0.25, 0.3) is 0 Å². The Bertz CT molecular complexity index is 497. The summed E-state index contributed by atoms with van der Waals surface area (Å²) >= 11 is 0. The monoisotopic (exact) mass is 304 g/mol. The number of amides is 1. The Kier molecular flexibility index (Phi) is 5.49. The second kappa shape index (κ2) is 6.21. The molecule has 0 aliphatic carbocycles. The van der Waals surface area contributed by atoms with Crippen LogP contribution in [0.5, 0.6) is 0 Å². The molecule has 20 heavy (non-hydrogen) atoms. The smallest absolute Gasteiger partial charge is 0.475 e. The molecule has 1 aromatic heterocycles. The lowest BCUT2D eigenvalue weighted by Gasteiger charge is -2.08. The van der Waals surface area contributed by atoms with E-state index in [-0.39, 0.29) is 0 Å². The summed E-state index contributed by atoms with van der Waals surface area (Å²) in [7, 11) is 0. The van der Waals surface area contributed by atoms with Gasteiger partial charge in [0.2, 0.25) is 0 Å². The minimum absolute atomic E-state index is 0.755. The molecule has 0 radical (unpaired) electrons. The number of nitrogens with two attached hydrogens (primary N) is 1. The van der Waals surface area contributed by atoms with Crippen molar-refractivity contribution in [1.29, 1.82) is 0 Å². The molecule has 5 nitrogen and oxygen atoms in total. The van der Waals surface area contributed by atoms with Gasteiger partial charge in [0, 0.05) is 6.20 Å². The van der Waals surface area contributed by atoms with Crippen molar-refractivity contribution < 1.29 is 41.0 Å². The number of aromatic nitrogens is 1. The van der Waals surface area contributed by atoms with Gasteiger partial charge in [0.05, 0.1) is 5.56 Å². The maximum atomic E-state index is 12.2. The average molecular weight is 304 g/mol. The largest absolute Gasteiger partial charge is 0.490 e. The van der Waals surface area contributed by atoms with E-state index in [9.17, 15) is 31.1 Å². The zero-order chi connectivity index (χ0) is 16.1. The van der Waals surface area contributed by atoms with Gasteiger partial charge >= 0.3 is 18.3 Å². The van der Waals surface area contributed by atoms with Gasteiger partial charge in [-0.05, 0) is 12.1 Å². The molecule has 0 aliphatic rings. The van der Waals surface area contributed by atoms with Crippen LogP contribution in [0.2, 0.25) is 0 Å². The molecule has 0 saturated carbocycles. The van der Waals surface area contributed by atoms with Crippen molar-refractivity contribution in [3.05, 3.63) is 29.6 Å². The van der Waals surface area contributed by atoms with Crippen molar-refractivity contribution >= 4 is 11.9 Å². The number of halogens is 6. The van der Waals surface area contributed by atoms with E-state index in [0.717, 1.165) is 18.3 Å². The maximum Gasteiger partial charge on any atom is 0.490 e. The number of carboxylic acid groups (broad SMARTS) is 1. The normalized spacial score (nSPS) is 11.3. The van der Waals surface area contributed by atoms with Gasteiger partial charge in [0.1, 0.15) is 5.69 Å². The van der Waals surface area contributed by atoms with Gasteiger partial charge in [-0.15, -0.1) is 0 Å². The summed E-state index contributed by atoms with van der Waals surface area (Å²) in [5.41, 5.74) is 2.85. The Morgan fingerprint density at radius 1 is 1.15 bits per heavy atom. The van der Waals surface area contributed by atoms with Crippen LogP contribution in [-0.4, -0.2) is 28.1 Å². The van der Waals surface area contributed by atoms with Gasteiger partial charge in [0.25, 0.3) is 5.91 Å². The number of carboxylic acids is 1. The van der Waals surface area contributed by atoms with Crippen molar-refractivity contribution in [2.45, 2.75) is 12.4 Å². The number of pyridine rings is 1. The van der Waals surface area contributed by atoms with Crippen molar-refractivity contribution in [1.82, 2.24) is 4.98 Å². The zero-order valence-electron chi connectivity index (χ0n) is 9.29. The van der Waals surface area contributed by atoms with Crippen LogP contribution in [-0.2, 0) is 11.0 Å². The Labute approximate surface area is 107 Å². The molecule has 1 rings (SSSR count). The van der Waals surface area contributed by atoms with Crippen LogP contribution in [0.3, 0.4) is 0 Å². The number of alkyl halides is 6. The molecule has 1 heterocycles. The number of carbonyl (C=O) groups excluding carboxylic acids is 1. The molecular formula is C9H6F6N2O3. The van der Waals surface area contributed by atoms with E-state index >= 15 is 0 Å². The predicted octanol–water partition coefficient (Wildman–Crippen LogP) is 1.83. The number of nitrogens with zero attached hydrogens (tertiary/aromatic N) is 1. The molecule has 0 aliphatic heterocycles. The van der Waals surface area contributed by atoms with Crippen molar-refractivity contribution in [3.8, 4) is 0 Å². The third kappa shape index (κ3) is 5.54. The molecule has 0 atom stereocenters. The highest BCUT2D eigenvalue weighted by Crippen LogP contribution is 2.30. The van der Waals surface area contributed by atoms with Crippen LogP contribution in [0.15, 0.2) is 18.3 Å². The molecule has 0 aromatic carbocycles. The Hall–Kier alpha value is -2.33. The van der Waals surface area contributed by atoms with Crippen molar-refractivity contribution in [2.75, 3.05) is 0 Å². The topological polar surface area (TPSA) is 93.3 Å². The lowest BCUT2D eigenvalue weighted by molar-refractivity contribution is -0.192. The molecule has 0 saturated heterocycles. The van der Waals surface area contributed by atoms with E-state index in [0.29, 0.717) is 0 Å². The zero-order valence-corrected chi connectivity index (χ0v) is 9.29. The summed E-state index contributed by atoms with van der Waals surface area (Å²) in [5.74, 6) is -3.94.